The van der Waals surface area contributed by atoms with Crippen LogP contribution in [0.2, 0.25) is 5.02 Å². The van der Waals surface area contributed by atoms with Crippen LogP contribution in [-0.4, -0.2) is 15.7 Å². The topological polar surface area (TPSA) is 17.8 Å². The van der Waals surface area contributed by atoms with Gasteiger partial charge in [-0.1, -0.05) is 11.6 Å². The Morgan fingerprint density at radius 2 is 2.36 bits per heavy atom. The van der Waals surface area contributed by atoms with E-state index in [2.05, 4.69) is 5.10 Å². The lowest BCUT2D eigenvalue weighted by atomic mass is 9.92. The van der Waals surface area contributed by atoms with Gasteiger partial charge in [0.1, 0.15) is 0 Å². The molecular formula is C9H11ClF2N2. The van der Waals surface area contributed by atoms with Gasteiger partial charge in [0.05, 0.1) is 17.3 Å². The average Bonchev–Trinajstić information content (AvgIpc) is 2.50. The minimum atomic E-state index is -2.54. The van der Waals surface area contributed by atoms with Gasteiger partial charge in [0.2, 0.25) is 5.92 Å². The summed E-state index contributed by atoms with van der Waals surface area (Å²) in [6.07, 6.45) is 4.27. The lowest BCUT2D eigenvalue weighted by Gasteiger charge is -2.28. The summed E-state index contributed by atoms with van der Waals surface area (Å²) in [4.78, 5) is 0. The Kier molecular flexibility index (Phi) is 2.47. The maximum absolute atomic E-state index is 13.1. The molecule has 1 unspecified atom stereocenters. The predicted molar refractivity (Wildman–Crippen MR) is 49.7 cm³/mol. The summed E-state index contributed by atoms with van der Waals surface area (Å²) in [5, 5.41) is 4.46. The fourth-order valence-corrected chi connectivity index (χ4v) is 2.03. The van der Waals surface area contributed by atoms with Crippen LogP contribution in [0.1, 0.15) is 31.7 Å². The van der Waals surface area contributed by atoms with Crippen LogP contribution in [-0.2, 0) is 0 Å². The first-order valence-corrected chi connectivity index (χ1v) is 5.02. The van der Waals surface area contributed by atoms with Gasteiger partial charge in [-0.3, -0.25) is 4.68 Å². The van der Waals surface area contributed by atoms with Crippen molar-refractivity contribution < 1.29 is 8.78 Å². The van der Waals surface area contributed by atoms with Crippen molar-refractivity contribution in [2.45, 2.75) is 37.6 Å². The van der Waals surface area contributed by atoms with Gasteiger partial charge in [-0.2, -0.15) is 5.10 Å². The van der Waals surface area contributed by atoms with Gasteiger partial charge in [-0.05, 0) is 12.8 Å². The van der Waals surface area contributed by atoms with E-state index in [0.29, 0.717) is 11.4 Å². The average molecular weight is 221 g/mol. The summed E-state index contributed by atoms with van der Waals surface area (Å²) in [6.45, 7) is 0. The Morgan fingerprint density at radius 1 is 1.57 bits per heavy atom. The number of hydrogen-bond donors (Lipinski definition) is 0. The quantitative estimate of drug-likeness (QED) is 0.710. The third-order valence-electron chi connectivity index (χ3n) is 2.56. The molecule has 1 aliphatic rings. The fraction of sp³-hybridized carbons (Fsp3) is 0.667. The number of nitrogens with zero attached hydrogens (tertiary/aromatic N) is 2. The van der Waals surface area contributed by atoms with E-state index in [4.69, 9.17) is 11.6 Å². The number of halogens is 3. The van der Waals surface area contributed by atoms with Crippen LogP contribution in [0.25, 0.3) is 0 Å². The zero-order chi connectivity index (χ0) is 10.2. The van der Waals surface area contributed by atoms with E-state index >= 15 is 0 Å². The molecule has 1 heterocycles. The molecule has 2 nitrogen and oxygen atoms in total. The zero-order valence-corrected chi connectivity index (χ0v) is 8.34. The van der Waals surface area contributed by atoms with E-state index in [-0.39, 0.29) is 18.9 Å². The first kappa shape index (κ1) is 9.90. The SMILES string of the molecule is FC1(F)CCCC(n2cc(Cl)cn2)C1. The Morgan fingerprint density at radius 3 is 2.93 bits per heavy atom. The van der Waals surface area contributed by atoms with Crippen molar-refractivity contribution in [3.05, 3.63) is 17.4 Å². The molecule has 1 aliphatic carbocycles. The minimum absolute atomic E-state index is 0.00149. The maximum atomic E-state index is 13.1. The highest BCUT2D eigenvalue weighted by atomic mass is 35.5. The first-order valence-electron chi connectivity index (χ1n) is 4.64. The number of alkyl halides is 2. The molecule has 1 saturated carbocycles. The summed E-state index contributed by atoms with van der Waals surface area (Å²) >= 11 is 5.68. The van der Waals surface area contributed by atoms with Crippen LogP contribution in [0, 0.1) is 0 Å². The van der Waals surface area contributed by atoms with E-state index < -0.39 is 5.92 Å². The third-order valence-corrected chi connectivity index (χ3v) is 2.75. The third kappa shape index (κ3) is 2.05. The molecule has 0 bridgehead atoms. The summed E-state index contributed by atoms with van der Waals surface area (Å²) in [5.74, 6) is -2.54. The summed E-state index contributed by atoms with van der Waals surface area (Å²) in [6, 6.07) is -0.203. The minimum Gasteiger partial charge on any atom is -0.268 e. The number of hydrogen-bond acceptors (Lipinski definition) is 1. The molecule has 14 heavy (non-hydrogen) atoms. The Bertz CT molecular complexity index is 324. The van der Waals surface area contributed by atoms with Crippen LogP contribution in [0.15, 0.2) is 12.4 Å². The van der Waals surface area contributed by atoms with Gasteiger partial charge in [-0.25, -0.2) is 8.78 Å². The molecule has 0 radical (unpaired) electrons. The molecule has 0 amide bonds. The zero-order valence-electron chi connectivity index (χ0n) is 7.59. The van der Waals surface area contributed by atoms with Gasteiger partial charge < -0.3 is 0 Å². The highest BCUT2D eigenvalue weighted by Gasteiger charge is 2.37. The van der Waals surface area contributed by atoms with E-state index in [0.717, 1.165) is 6.42 Å². The van der Waals surface area contributed by atoms with Crippen molar-refractivity contribution in [2.24, 2.45) is 0 Å². The molecule has 0 spiro atoms. The monoisotopic (exact) mass is 220 g/mol. The van der Waals surface area contributed by atoms with Gasteiger partial charge in [0.15, 0.2) is 0 Å². The molecule has 5 heteroatoms. The van der Waals surface area contributed by atoms with Crippen molar-refractivity contribution >= 4 is 11.6 Å². The molecule has 0 saturated heterocycles. The molecule has 0 aliphatic heterocycles. The highest BCUT2D eigenvalue weighted by Crippen LogP contribution is 2.38. The molecule has 1 aromatic rings. The van der Waals surface area contributed by atoms with Gasteiger partial charge in [0.25, 0.3) is 0 Å². The largest absolute Gasteiger partial charge is 0.268 e. The Balaban J connectivity index is 2.12. The lowest BCUT2D eigenvalue weighted by molar-refractivity contribution is -0.0512. The van der Waals surface area contributed by atoms with E-state index in [9.17, 15) is 8.78 Å². The van der Waals surface area contributed by atoms with Crippen LogP contribution < -0.4 is 0 Å². The van der Waals surface area contributed by atoms with Gasteiger partial charge in [0, 0.05) is 19.0 Å². The van der Waals surface area contributed by atoms with Crippen molar-refractivity contribution in [3.8, 4) is 0 Å². The second kappa shape index (κ2) is 3.50. The van der Waals surface area contributed by atoms with Crippen LogP contribution in [0.4, 0.5) is 8.78 Å². The fourth-order valence-electron chi connectivity index (χ4n) is 1.89. The smallest absolute Gasteiger partial charge is 0.250 e. The second-order valence-electron chi connectivity index (χ2n) is 3.74. The summed E-state index contributed by atoms with van der Waals surface area (Å²) in [7, 11) is 0. The standard InChI is InChI=1S/C9H11ClF2N2/c10-7-5-13-14(6-7)8-2-1-3-9(11,12)4-8/h5-6,8H,1-4H2. The molecule has 2 rings (SSSR count). The first-order chi connectivity index (χ1) is 6.57. The molecule has 0 N–H and O–H groups in total. The second-order valence-corrected chi connectivity index (χ2v) is 4.18. The molecule has 78 valence electrons. The van der Waals surface area contributed by atoms with Crippen LogP contribution >= 0.6 is 11.6 Å². The summed E-state index contributed by atoms with van der Waals surface area (Å²) < 4.78 is 27.7. The molecule has 0 aromatic carbocycles. The van der Waals surface area contributed by atoms with E-state index in [1.807, 2.05) is 0 Å². The van der Waals surface area contributed by atoms with E-state index in [1.165, 1.54) is 6.20 Å². The van der Waals surface area contributed by atoms with Crippen molar-refractivity contribution in [2.75, 3.05) is 0 Å². The number of aromatic nitrogens is 2. The van der Waals surface area contributed by atoms with Crippen molar-refractivity contribution in [3.63, 3.8) is 0 Å². The maximum Gasteiger partial charge on any atom is 0.250 e. The predicted octanol–water partition coefficient (Wildman–Crippen LogP) is 3.29. The van der Waals surface area contributed by atoms with E-state index in [1.54, 1.807) is 10.9 Å². The van der Waals surface area contributed by atoms with Gasteiger partial charge in [-0.15, -0.1) is 0 Å². The normalized spacial score (nSPS) is 26.4. The molecule has 1 fully saturated rings. The van der Waals surface area contributed by atoms with Crippen molar-refractivity contribution in [1.82, 2.24) is 9.78 Å². The van der Waals surface area contributed by atoms with Crippen LogP contribution in [0.3, 0.4) is 0 Å². The molecule has 1 aromatic heterocycles. The van der Waals surface area contributed by atoms with Crippen molar-refractivity contribution in [1.29, 1.82) is 0 Å². The summed E-state index contributed by atoms with van der Waals surface area (Å²) in [5.41, 5.74) is 0. The Labute approximate surface area is 85.9 Å². The highest BCUT2D eigenvalue weighted by molar-refractivity contribution is 6.30. The van der Waals surface area contributed by atoms with Gasteiger partial charge >= 0.3 is 0 Å². The number of rotatable bonds is 1. The molecule has 1 atom stereocenters. The van der Waals surface area contributed by atoms with Crippen LogP contribution in [0.5, 0.6) is 0 Å². The lowest BCUT2D eigenvalue weighted by Crippen LogP contribution is -2.28. The molecular weight excluding hydrogens is 210 g/mol. The Hall–Kier alpha value is -0.640.